The number of hydrogen-bond acceptors (Lipinski definition) is 2. The molecule has 0 saturated heterocycles. The van der Waals surface area contributed by atoms with E-state index in [0.717, 1.165) is 0 Å². The van der Waals surface area contributed by atoms with E-state index in [0.29, 0.717) is 17.3 Å². The summed E-state index contributed by atoms with van der Waals surface area (Å²) in [6.45, 7) is 4.25. The van der Waals surface area contributed by atoms with Crippen molar-refractivity contribution in [3.63, 3.8) is 0 Å². The molecule has 0 aliphatic carbocycles. The van der Waals surface area contributed by atoms with Gasteiger partial charge in [0.1, 0.15) is 11.3 Å². The molecule has 3 heterocycles. The number of rotatable bonds is 2. The van der Waals surface area contributed by atoms with Crippen LogP contribution in [0.3, 0.4) is 0 Å². The van der Waals surface area contributed by atoms with Crippen LogP contribution in [0.5, 0.6) is 0 Å². The first-order valence-electron chi connectivity index (χ1n) is 6.31. The van der Waals surface area contributed by atoms with E-state index in [9.17, 15) is 4.79 Å². The van der Waals surface area contributed by atoms with Gasteiger partial charge in [-0.05, 0) is 35.7 Å². The Labute approximate surface area is 111 Å². The first kappa shape index (κ1) is 11.7. The van der Waals surface area contributed by atoms with Crippen LogP contribution in [0, 0.1) is 0 Å². The SMILES string of the molecule is CC(C)c1ccnc(-n2ccn3cccc3c2=O)c1. The molecule has 0 fully saturated rings. The maximum Gasteiger partial charge on any atom is 0.280 e. The van der Waals surface area contributed by atoms with Crippen molar-refractivity contribution in [2.24, 2.45) is 0 Å². The maximum atomic E-state index is 12.4. The molecule has 3 aromatic rings. The van der Waals surface area contributed by atoms with Crippen molar-refractivity contribution in [1.29, 1.82) is 0 Å². The Kier molecular flexibility index (Phi) is 2.71. The van der Waals surface area contributed by atoms with Gasteiger partial charge in [0, 0.05) is 24.8 Å². The Balaban J connectivity index is 2.21. The van der Waals surface area contributed by atoms with E-state index in [2.05, 4.69) is 18.8 Å². The van der Waals surface area contributed by atoms with Gasteiger partial charge >= 0.3 is 0 Å². The lowest BCUT2D eigenvalue weighted by Crippen LogP contribution is -2.20. The van der Waals surface area contributed by atoms with Crippen LogP contribution in [0.2, 0.25) is 0 Å². The molecule has 3 rings (SSSR count). The highest BCUT2D eigenvalue weighted by Crippen LogP contribution is 2.15. The summed E-state index contributed by atoms with van der Waals surface area (Å²) in [5, 5.41) is 0. The van der Waals surface area contributed by atoms with Crippen molar-refractivity contribution in [3.8, 4) is 5.82 Å². The number of fused-ring (bicyclic) bond motifs is 1. The average Bonchev–Trinajstić information content (AvgIpc) is 2.88. The second kappa shape index (κ2) is 4.39. The molecule has 0 unspecified atom stereocenters. The van der Waals surface area contributed by atoms with E-state index in [1.165, 1.54) is 5.56 Å². The van der Waals surface area contributed by atoms with Crippen LogP contribution < -0.4 is 5.56 Å². The zero-order chi connectivity index (χ0) is 13.4. The summed E-state index contributed by atoms with van der Waals surface area (Å²) in [5.41, 5.74) is 1.77. The van der Waals surface area contributed by atoms with E-state index in [1.54, 1.807) is 17.0 Å². The summed E-state index contributed by atoms with van der Waals surface area (Å²) in [5.74, 6) is 1.08. The molecule has 0 amide bonds. The van der Waals surface area contributed by atoms with Gasteiger partial charge in [0.15, 0.2) is 0 Å². The molecule has 0 saturated carbocycles. The molecule has 0 atom stereocenters. The molecule has 0 N–H and O–H groups in total. The predicted octanol–water partition coefficient (Wildman–Crippen LogP) is 2.61. The van der Waals surface area contributed by atoms with Crippen LogP contribution in [0.1, 0.15) is 25.3 Å². The van der Waals surface area contributed by atoms with Crippen LogP contribution in [-0.2, 0) is 0 Å². The number of aromatic nitrogens is 3. The molecule has 4 nitrogen and oxygen atoms in total. The summed E-state index contributed by atoms with van der Waals surface area (Å²) < 4.78 is 3.40. The van der Waals surface area contributed by atoms with Crippen molar-refractivity contribution in [2.45, 2.75) is 19.8 Å². The maximum absolute atomic E-state index is 12.4. The number of nitrogens with zero attached hydrogens (tertiary/aromatic N) is 3. The van der Waals surface area contributed by atoms with Gasteiger partial charge < -0.3 is 4.40 Å². The second-order valence-electron chi connectivity index (χ2n) is 4.88. The first-order chi connectivity index (χ1) is 9.16. The molecule has 0 bridgehead atoms. The molecule has 0 spiro atoms. The van der Waals surface area contributed by atoms with Crippen LogP contribution in [0.25, 0.3) is 11.3 Å². The summed E-state index contributed by atoms with van der Waals surface area (Å²) in [7, 11) is 0. The van der Waals surface area contributed by atoms with Crippen LogP contribution in [-0.4, -0.2) is 14.0 Å². The number of hydrogen-bond donors (Lipinski definition) is 0. The quantitative estimate of drug-likeness (QED) is 0.704. The summed E-state index contributed by atoms with van der Waals surface area (Å²) >= 11 is 0. The molecule has 4 heteroatoms. The lowest BCUT2D eigenvalue weighted by molar-refractivity contribution is 0.847. The molecule has 19 heavy (non-hydrogen) atoms. The Morgan fingerprint density at radius 1 is 1.16 bits per heavy atom. The van der Waals surface area contributed by atoms with Crippen molar-refractivity contribution in [1.82, 2.24) is 14.0 Å². The fourth-order valence-corrected chi connectivity index (χ4v) is 2.14. The van der Waals surface area contributed by atoms with E-state index in [-0.39, 0.29) is 5.56 Å². The van der Waals surface area contributed by atoms with Gasteiger partial charge in [-0.3, -0.25) is 9.36 Å². The third-order valence-corrected chi connectivity index (χ3v) is 3.28. The summed E-state index contributed by atoms with van der Waals surface area (Å²) in [4.78, 5) is 16.7. The molecular formula is C15H15N3O. The van der Waals surface area contributed by atoms with Gasteiger partial charge in [-0.15, -0.1) is 0 Å². The highest BCUT2D eigenvalue weighted by atomic mass is 16.1. The normalized spacial score (nSPS) is 11.3. The minimum Gasteiger partial charge on any atom is -0.318 e. The monoisotopic (exact) mass is 253 g/mol. The summed E-state index contributed by atoms with van der Waals surface area (Å²) in [6, 6.07) is 7.62. The van der Waals surface area contributed by atoms with Crippen molar-refractivity contribution in [3.05, 3.63) is 65.0 Å². The fraction of sp³-hybridized carbons (Fsp3) is 0.200. The molecule has 3 aromatic heterocycles. The Hall–Kier alpha value is -2.36. The van der Waals surface area contributed by atoms with Gasteiger partial charge in [0.25, 0.3) is 5.56 Å². The zero-order valence-corrected chi connectivity index (χ0v) is 10.9. The molecule has 0 radical (unpaired) electrons. The lowest BCUT2D eigenvalue weighted by Gasteiger charge is -2.09. The zero-order valence-electron chi connectivity index (χ0n) is 10.9. The summed E-state index contributed by atoms with van der Waals surface area (Å²) in [6.07, 6.45) is 7.22. The molecule has 96 valence electrons. The Bertz CT molecular complexity index is 783. The second-order valence-corrected chi connectivity index (χ2v) is 4.88. The lowest BCUT2D eigenvalue weighted by atomic mass is 10.1. The van der Waals surface area contributed by atoms with Gasteiger partial charge in [0.2, 0.25) is 0 Å². The van der Waals surface area contributed by atoms with Crippen LogP contribution in [0.4, 0.5) is 0 Å². The first-order valence-corrected chi connectivity index (χ1v) is 6.31. The third kappa shape index (κ3) is 1.95. The third-order valence-electron chi connectivity index (χ3n) is 3.28. The van der Waals surface area contributed by atoms with E-state index in [1.807, 2.05) is 41.1 Å². The Morgan fingerprint density at radius 2 is 2.00 bits per heavy atom. The largest absolute Gasteiger partial charge is 0.318 e. The van der Waals surface area contributed by atoms with E-state index >= 15 is 0 Å². The average molecular weight is 253 g/mol. The van der Waals surface area contributed by atoms with E-state index < -0.39 is 0 Å². The van der Waals surface area contributed by atoms with Crippen molar-refractivity contribution < 1.29 is 0 Å². The highest BCUT2D eigenvalue weighted by molar-refractivity contribution is 5.47. The van der Waals surface area contributed by atoms with Crippen molar-refractivity contribution in [2.75, 3.05) is 0 Å². The smallest absolute Gasteiger partial charge is 0.280 e. The van der Waals surface area contributed by atoms with Crippen LogP contribution >= 0.6 is 0 Å². The predicted molar refractivity (Wildman–Crippen MR) is 74.9 cm³/mol. The van der Waals surface area contributed by atoms with Crippen LogP contribution in [0.15, 0.2) is 53.8 Å². The van der Waals surface area contributed by atoms with E-state index in [4.69, 9.17) is 0 Å². The molecule has 0 aliphatic rings. The van der Waals surface area contributed by atoms with Gasteiger partial charge in [-0.2, -0.15) is 0 Å². The number of pyridine rings is 1. The highest BCUT2D eigenvalue weighted by Gasteiger charge is 2.07. The minimum atomic E-state index is -0.0547. The molecule has 0 aromatic carbocycles. The topological polar surface area (TPSA) is 39.3 Å². The molecule has 0 aliphatic heterocycles. The fourth-order valence-electron chi connectivity index (χ4n) is 2.14. The standard InChI is InChI=1S/C15H15N3O/c1-11(2)12-5-6-16-14(10-12)18-9-8-17-7-3-4-13(17)15(18)19/h3-11H,1-2H3. The van der Waals surface area contributed by atoms with Crippen molar-refractivity contribution >= 4 is 5.52 Å². The molecular weight excluding hydrogens is 238 g/mol. The Morgan fingerprint density at radius 3 is 2.79 bits per heavy atom. The van der Waals surface area contributed by atoms with Gasteiger partial charge in [0.05, 0.1) is 0 Å². The van der Waals surface area contributed by atoms with Gasteiger partial charge in [-0.1, -0.05) is 13.8 Å². The minimum absolute atomic E-state index is 0.0547. The van der Waals surface area contributed by atoms with Gasteiger partial charge in [-0.25, -0.2) is 4.98 Å².